The van der Waals surface area contributed by atoms with Crippen LogP contribution in [0.1, 0.15) is 30.9 Å². The zero-order chi connectivity index (χ0) is 12.1. The third-order valence-electron chi connectivity index (χ3n) is 3.51. The van der Waals surface area contributed by atoms with Crippen molar-refractivity contribution in [2.45, 2.75) is 38.7 Å². The number of aliphatic hydroxyl groups is 1. The Bertz CT molecular complexity index is 343. The van der Waals surface area contributed by atoms with Crippen LogP contribution in [-0.2, 0) is 12.8 Å². The predicted molar refractivity (Wildman–Crippen MR) is 71.1 cm³/mol. The first-order valence-electron chi connectivity index (χ1n) is 6.70. The van der Waals surface area contributed by atoms with Crippen molar-refractivity contribution in [2.24, 2.45) is 5.92 Å². The first-order chi connectivity index (χ1) is 8.24. The van der Waals surface area contributed by atoms with Gasteiger partial charge in [-0.15, -0.1) is 0 Å². The molecule has 1 aliphatic rings. The van der Waals surface area contributed by atoms with Crippen molar-refractivity contribution in [3.8, 4) is 0 Å². The number of nitrogens with one attached hydrogen (secondary N) is 1. The minimum absolute atomic E-state index is 0.246. The summed E-state index contributed by atoms with van der Waals surface area (Å²) in [5, 5.41) is 12.8. The quantitative estimate of drug-likeness (QED) is 0.835. The van der Waals surface area contributed by atoms with E-state index in [4.69, 9.17) is 0 Å². The molecule has 2 nitrogen and oxygen atoms in total. The van der Waals surface area contributed by atoms with E-state index in [1.165, 1.54) is 30.4 Å². The maximum atomic E-state index is 9.41. The van der Waals surface area contributed by atoms with Crippen LogP contribution in [0, 0.1) is 5.92 Å². The Labute approximate surface area is 104 Å². The summed E-state index contributed by atoms with van der Waals surface area (Å²) in [5.74, 6) is 0.832. The highest BCUT2D eigenvalue weighted by atomic mass is 16.3. The molecule has 2 rings (SSSR count). The molecule has 1 saturated heterocycles. The van der Waals surface area contributed by atoms with Crippen LogP contribution in [0.4, 0.5) is 0 Å². The van der Waals surface area contributed by atoms with Gasteiger partial charge in [0.05, 0.1) is 6.10 Å². The van der Waals surface area contributed by atoms with E-state index in [0.717, 1.165) is 25.4 Å². The second-order valence-corrected chi connectivity index (χ2v) is 5.27. The summed E-state index contributed by atoms with van der Waals surface area (Å²) in [5.41, 5.74) is 2.68. The lowest BCUT2D eigenvalue weighted by atomic mass is 9.90. The highest BCUT2D eigenvalue weighted by Gasteiger charge is 2.13. The molecular formula is C15H23NO. The van der Waals surface area contributed by atoms with Crippen molar-refractivity contribution in [2.75, 3.05) is 13.1 Å². The van der Waals surface area contributed by atoms with Crippen molar-refractivity contribution in [3.05, 3.63) is 35.4 Å². The van der Waals surface area contributed by atoms with Crippen LogP contribution in [0.2, 0.25) is 0 Å². The van der Waals surface area contributed by atoms with E-state index in [9.17, 15) is 5.11 Å². The molecule has 1 atom stereocenters. The van der Waals surface area contributed by atoms with Crippen molar-refractivity contribution in [3.63, 3.8) is 0 Å². The maximum absolute atomic E-state index is 9.41. The van der Waals surface area contributed by atoms with Gasteiger partial charge in [-0.1, -0.05) is 24.3 Å². The summed E-state index contributed by atoms with van der Waals surface area (Å²) in [4.78, 5) is 0. The smallest absolute Gasteiger partial charge is 0.0552 e. The van der Waals surface area contributed by atoms with Gasteiger partial charge in [-0.25, -0.2) is 0 Å². The average Bonchev–Trinajstić information content (AvgIpc) is 2.30. The van der Waals surface area contributed by atoms with Gasteiger partial charge in [-0.3, -0.25) is 0 Å². The largest absolute Gasteiger partial charge is 0.393 e. The Morgan fingerprint density at radius 2 is 2.00 bits per heavy atom. The van der Waals surface area contributed by atoms with Gasteiger partial charge in [0.25, 0.3) is 0 Å². The fourth-order valence-electron chi connectivity index (χ4n) is 2.64. The summed E-state index contributed by atoms with van der Waals surface area (Å²) in [6, 6.07) is 8.70. The Balaban J connectivity index is 1.95. The monoisotopic (exact) mass is 233 g/mol. The van der Waals surface area contributed by atoms with Crippen LogP contribution in [0.25, 0.3) is 0 Å². The lowest BCUT2D eigenvalue weighted by Gasteiger charge is -2.22. The van der Waals surface area contributed by atoms with Crippen LogP contribution in [0.5, 0.6) is 0 Å². The molecule has 1 aliphatic heterocycles. The van der Waals surface area contributed by atoms with Gasteiger partial charge < -0.3 is 10.4 Å². The second kappa shape index (κ2) is 6.18. The first-order valence-corrected chi connectivity index (χ1v) is 6.70. The molecule has 0 radical (unpaired) electrons. The highest BCUT2D eigenvalue weighted by Crippen LogP contribution is 2.19. The predicted octanol–water partition coefficient (Wildman–Crippen LogP) is 2.15. The van der Waals surface area contributed by atoms with Gasteiger partial charge in [0.2, 0.25) is 0 Å². The van der Waals surface area contributed by atoms with Crippen molar-refractivity contribution < 1.29 is 5.11 Å². The average molecular weight is 233 g/mol. The Morgan fingerprint density at radius 1 is 1.29 bits per heavy atom. The number of aliphatic hydroxyl groups excluding tert-OH is 1. The molecule has 0 aliphatic carbocycles. The number of piperidine rings is 1. The molecule has 2 N–H and O–H groups in total. The number of hydrogen-bond acceptors (Lipinski definition) is 2. The minimum Gasteiger partial charge on any atom is -0.393 e. The van der Waals surface area contributed by atoms with Crippen LogP contribution >= 0.6 is 0 Å². The van der Waals surface area contributed by atoms with Crippen LogP contribution in [0.15, 0.2) is 24.3 Å². The van der Waals surface area contributed by atoms with E-state index in [1.54, 1.807) is 0 Å². The Kier molecular flexibility index (Phi) is 4.57. The zero-order valence-corrected chi connectivity index (χ0v) is 10.7. The molecule has 1 fully saturated rings. The topological polar surface area (TPSA) is 32.3 Å². The molecule has 0 aromatic heterocycles. The lowest BCUT2D eigenvalue weighted by molar-refractivity contribution is 0.195. The molecule has 2 heteroatoms. The summed E-state index contributed by atoms with van der Waals surface area (Å²) < 4.78 is 0. The Hall–Kier alpha value is -0.860. The van der Waals surface area contributed by atoms with Gasteiger partial charge in [0.1, 0.15) is 0 Å². The third kappa shape index (κ3) is 4.14. The molecule has 1 heterocycles. The number of hydrogen-bond donors (Lipinski definition) is 2. The fraction of sp³-hybridized carbons (Fsp3) is 0.600. The van der Waals surface area contributed by atoms with Crippen molar-refractivity contribution >= 4 is 0 Å². The van der Waals surface area contributed by atoms with Gasteiger partial charge >= 0.3 is 0 Å². The normalized spacial score (nSPS) is 19.2. The van der Waals surface area contributed by atoms with E-state index in [-0.39, 0.29) is 6.10 Å². The van der Waals surface area contributed by atoms with Gasteiger partial charge in [0.15, 0.2) is 0 Å². The van der Waals surface area contributed by atoms with E-state index in [1.807, 2.05) is 6.92 Å². The SMILES string of the molecule is CC(O)Cc1cccc(CC2CCNCC2)c1. The Morgan fingerprint density at radius 3 is 2.71 bits per heavy atom. The molecule has 0 saturated carbocycles. The highest BCUT2D eigenvalue weighted by molar-refractivity contribution is 5.24. The van der Waals surface area contributed by atoms with E-state index in [2.05, 4.69) is 29.6 Å². The minimum atomic E-state index is -0.246. The standard InChI is InChI=1S/C15H23NO/c1-12(17)9-14-3-2-4-15(11-14)10-13-5-7-16-8-6-13/h2-4,11-13,16-17H,5-10H2,1H3. The summed E-state index contributed by atoms with van der Waals surface area (Å²) in [7, 11) is 0. The van der Waals surface area contributed by atoms with Gasteiger partial charge in [-0.05, 0) is 62.7 Å². The van der Waals surface area contributed by atoms with Crippen LogP contribution in [0.3, 0.4) is 0 Å². The molecule has 1 unspecified atom stereocenters. The number of benzene rings is 1. The van der Waals surface area contributed by atoms with Crippen LogP contribution < -0.4 is 5.32 Å². The molecule has 1 aromatic carbocycles. The van der Waals surface area contributed by atoms with Gasteiger partial charge in [0, 0.05) is 0 Å². The van der Waals surface area contributed by atoms with E-state index < -0.39 is 0 Å². The molecule has 0 spiro atoms. The molecule has 1 aromatic rings. The molecule has 94 valence electrons. The molecular weight excluding hydrogens is 210 g/mol. The van der Waals surface area contributed by atoms with Crippen molar-refractivity contribution in [1.29, 1.82) is 0 Å². The van der Waals surface area contributed by atoms with Gasteiger partial charge in [-0.2, -0.15) is 0 Å². The molecule has 0 bridgehead atoms. The second-order valence-electron chi connectivity index (χ2n) is 5.27. The molecule has 17 heavy (non-hydrogen) atoms. The van der Waals surface area contributed by atoms with E-state index >= 15 is 0 Å². The summed E-state index contributed by atoms with van der Waals surface area (Å²) in [6.45, 7) is 4.18. The maximum Gasteiger partial charge on any atom is 0.0552 e. The summed E-state index contributed by atoms with van der Waals surface area (Å²) >= 11 is 0. The molecule has 0 amide bonds. The first kappa shape index (κ1) is 12.6. The van der Waals surface area contributed by atoms with Crippen LogP contribution in [-0.4, -0.2) is 24.3 Å². The fourth-order valence-corrected chi connectivity index (χ4v) is 2.64. The number of rotatable bonds is 4. The third-order valence-corrected chi connectivity index (χ3v) is 3.51. The zero-order valence-electron chi connectivity index (χ0n) is 10.7. The lowest BCUT2D eigenvalue weighted by Crippen LogP contribution is -2.28. The summed E-state index contributed by atoms with van der Waals surface area (Å²) in [6.07, 6.45) is 4.29. The van der Waals surface area contributed by atoms with E-state index in [0.29, 0.717) is 0 Å². The van der Waals surface area contributed by atoms with Crippen molar-refractivity contribution in [1.82, 2.24) is 5.32 Å².